The Balaban J connectivity index is 1.39. The van der Waals surface area contributed by atoms with E-state index in [1.54, 1.807) is 6.07 Å². The van der Waals surface area contributed by atoms with Gasteiger partial charge in [0, 0.05) is 23.8 Å². The Hall–Kier alpha value is -3.02. The minimum absolute atomic E-state index is 0.0607. The van der Waals surface area contributed by atoms with E-state index >= 15 is 0 Å². The van der Waals surface area contributed by atoms with E-state index in [-0.39, 0.29) is 23.9 Å². The van der Waals surface area contributed by atoms with Gasteiger partial charge in [-0.15, -0.1) is 0 Å². The second-order valence-electron chi connectivity index (χ2n) is 10.9. The maximum atomic E-state index is 12.5. The number of nitrogens with zero attached hydrogens (tertiary/aromatic N) is 2. The molecule has 7 rings (SSSR count). The maximum absolute atomic E-state index is 12.5. The lowest BCUT2D eigenvalue weighted by Crippen LogP contribution is -2.77. The van der Waals surface area contributed by atoms with E-state index in [2.05, 4.69) is 83.6 Å². The van der Waals surface area contributed by atoms with Crippen molar-refractivity contribution in [2.75, 3.05) is 18.5 Å². The molecule has 35 heavy (non-hydrogen) atoms. The van der Waals surface area contributed by atoms with Gasteiger partial charge in [-0.1, -0.05) is 54.6 Å². The van der Waals surface area contributed by atoms with E-state index in [0.717, 1.165) is 50.0 Å². The van der Waals surface area contributed by atoms with Gasteiger partial charge in [0.25, 0.3) is 0 Å². The molecule has 180 valence electrons. The van der Waals surface area contributed by atoms with Gasteiger partial charge in [0.05, 0.1) is 17.1 Å². The molecule has 2 fully saturated rings. The van der Waals surface area contributed by atoms with Crippen LogP contribution < -0.4 is 9.64 Å². The molecular weight excluding hydrogens is 436 g/mol. The molecule has 4 aliphatic rings. The number of aliphatic hydroxyl groups is 1. The van der Waals surface area contributed by atoms with Crippen molar-refractivity contribution in [3.05, 3.63) is 89.5 Å². The van der Waals surface area contributed by atoms with Crippen molar-refractivity contribution in [3.8, 4) is 11.5 Å². The first-order chi connectivity index (χ1) is 17.0. The van der Waals surface area contributed by atoms with Crippen LogP contribution in [0, 0.1) is 0 Å². The van der Waals surface area contributed by atoms with E-state index in [4.69, 9.17) is 4.74 Å². The molecule has 2 N–H and O–H groups in total. The molecule has 3 aromatic carbocycles. The van der Waals surface area contributed by atoms with Gasteiger partial charge in [-0.3, -0.25) is 0 Å². The summed E-state index contributed by atoms with van der Waals surface area (Å²) in [6.45, 7) is 1.68. The first kappa shape index (κ1) is 21.3. The number of likely N-dealkylation sites (N-methyl/N-ethyl adjacent to an activating group) is 1. The molecule has 1 saturated heterocycles. The second-order valence-corrected chi connectivity index (χ2v) is 10.9. The molecular formula is C30H32N2O3. The van der Waals surface area contributed by atoms with E-state index < -0.39 is 11.0 Å². The molecule has 1 spiro atoms. The number of piperidine rings is 1. The van der Waals surface area contributed by atoms with Crippen LogP contribution in [-0.2, 0) is 18.4 Å². The number of hydrogen-bond donors (Lipinski definition) is 2. The number of rotatable bonds is 4. The monoisotopic (exact) mass is 468 g/mol. The largest absolute Gasteiger partial charge is 0.504 e. The Labute approximate surface area is 206 Å². The van der Waals surface area contributed by atoms with Gasteiger partial charge in [0.2, 0.25) is 0 Å². The third-order valence-electron chi connectivity index (χ3n) is 9.38. The first-order valence-electron chi connectivity index (χ1n) is 12.8. The fourth-order valence-electron chi connectivity index (χ4n) is 7.85. The zero-order chi connectivity index (χ0) is 23.8. The summed E-state index contributed by atoms with van der Waals surface area (Å²) in [6, 6.07) is 25.1. The number of ether oxygens (including phenoxy) is 1. The minimum atomic E-state index is -0.873. The third-order valence-corrected chi connectivity index (χ3v) is 9.38. The standard InChI is InChI=1S/C30H32N2O3/c1-31-17-16-29-26-21-12-13-24(33)27(26)35-28(29)23(14-15-30(29,34)25(31)18-21)32(22-10-6-3-7-11-22)19-20-8-4-2-5-9-20/h2-13,23,25,28,33-34H,14-19H2,1H3/t23-,25-,28+,29+,30-/m1/s1. The summed E-state index contributed by atoms with van der Waals surface area (Å²) in [5.74, 6) is 0.800. The number of likely N-dealkylation sites (tertiary alicyclic amines) is 1. The predicted octanol–water partition coefficient (Wildman–Crippen LogP) is 4.25. The van der Waals surface area contributed by atoms with Crippen LogP contribution in [0.25, 0.3) is 0 Å². The summed E-state index contributed by atoms with van der Waals surface area (Å²) in [5.41, 5.74) is 3.32. The summed E-state index contributed by atoms with van der Waals surface area (Å²) in [6.07, 6.45) is 2.95. The van der Waals surface area contributed by atoms with Crippen molar-refractivity contribution in [3.63, 3.8) is 0 Å². The highest BCUT2D eigenvalue weighted by Crippen LogP contribution is 2.65. The van der Waals surface area contributed by atoms with Crippen molar-refractivity contribution in [2.24, 2.45) is 0 Å². The van der Waals surface area contributed by atoms with Crippen molar-refractivity contribution in [1.29, 1.82) is 0 Å². The molecule has 1 saturated carbocycles. The van der Waals surface area contributed by atoms with E-state index in [9.17, 15) is 10.2 Å². The Bertz CT molecular complexity index is 1270. The van der Waals surface area contributed by atoms with Crippen LogP contribution in [0.15, 0.2) is 72.8 Å². The van der Waals surface area contributed by atoms with Crippen LogP contribution in [-0.4, -0.2) is 52.5 Å². The van der Waals surface area contributed by atoms with Gasteiger partial charge < -0.3 is 24.7 Å². The average molecular weight is 469 g/mol. The lowest BCUT2D eigenvalue weighted by Gasteiger charge is -2.64. The van der Waals surface area contributed by atoms with Crippen LogP contribution in [0.3, 0.4) is 0 Å². The molecule has 2 heterocycles. The van der Waals surface area contributed by atoms with E-state index in [1.807, 2.05) is 0 Å². The lowest BCUT2D eigenvalue weighted by molar-refractivity contribution is -0.184. The highest BCUT2D eigenvalue weighted by molar-refractivity contribution is 5.63. The fourth-order valence-corrected chi connectivity index (χ4v) is 7.85. The zero-order valence-corrected chi connectivity index (χ0v) is 20.1. The summed E-state index contributed by atoms with van der Waals surface area (Å²) < 4.78 is 6.79. The molecule has 5 nitrogen and oxygen atoms in total. The molecule has 2 aliphatic carbocycles. The van der Waals surface area contributed by atoms with Gasteiger partial charge in [0.15, 0.2) is 11.5 Å². The molecule has 2 aliphatic heterocycles. The number of aromatic hydroxyl groups is 1. The molecule has 0 radical (unpaired) electrons. The zero-order valence-electron chi connectivity index (χ0n) is 20.1. The molecule has 5 heteroatoms. The Morgan fingerprint density at radius 3 is 2.51 bits per heavy atom. The Morgan fingerprint density at radius 2 is 1.74 bits per heavy atom. The topological polar surface area (TPSA) is 56.2 Å². The van der Waals surface area contributed by atoms with Gasteiger partial charge in [-0.2, -0.15) is 0 Å². The SMILES string of the molecule is CN1CC[C@]23c4c5ccc(O)c4O[C@H]2[C@H](N(Cc2ccccc2)c2ccccc2)CC[C@@]3(O)[C@H]1C5. The van der Waals surface area contributed by atoms with Crippen molar-refractivity contribution < 1.29 is 14.9 Å². The normalized spacial score (nSPS) is 32.6. The number of phenols is 1. The third kappa shape index (κ3) is 2.77. The summed E-state index contributed by atoms with van der Waals surface area (Å²) >= 11 is 0. The Morgan fingerprint density at radius 1 is 1.00 bits per heavy atom. The molecule has 0 unspecified atom stereocenters. The van der Waals surface area contributed by atoms with Crippen molar-refractivity contribution in [2.45, 2.75) is 61.4 Å². The first-order valence-corrected chi connectivity index (χ1v) is 12.8. The van der Waals surface area contributed by atoms with Gasteiger partial charge >= 0.3 is 0 Å². The number of anilines is 1. The number of hydrogen-bond acceptors (Lipinski definition) is 5. The maximum Gasteiger partial charge on any atom is 0.165 e. The van der Waals surface area contributed by atoms with Crippen LogP contribution >= 0.6 is 0 Å². The van der Waals surface area contributed by atoms with Crippen molar-refractivity contribution >= 4 is 5.69 Å². The Kier molecular flexibility index (Phi) is 4.55. The van der Waals surface area contributed by atoms with Gasteiger partial charge in [-0.25, -0.2) is 0 Å². The summed E-state index contributed by atoms with van der Waals surface area (Å²) in [7, 11) is 2.14. The smallest absolute Gasteiger partial charge is 0.165 e. The van der Waals surface area contributed by atoms with Gasteiger partial charge in [0.1, 0.15) is 6.10 Å². The average Bonchev–Trinajstić information content (AvgIpc) is 3.24. The van der Waals surface area contributed by atoms with Crippen molar-refractivity contribution in [1.82, 2.24) is 4.90 Å². The predicted molar refractivity (Wildman–Crippen MR) is 136 cm³/mol. The van der Waals surface area contributed by atoms with Crippen LogP contribution in [0.5, 0.6) is 11.5 Å². The number of para-hydroxylation sites is 1. The van der Waals surface area contributed by atoms with Crippen LogP contribution in [0.4, 0.5) is 5.69 Å². The molecule has 3 aromatic rings. The number of benzene rings is 3. The van der Waals surface area contributed by atoms with E-state index in [1.165, 1.54) is 11.1 Å². The minimum Gasteiger partial charge on any atom is -0.504 e. The lowest BCUT2D eigenvalue weighted by atomic mass is 9.48. The van der Waals surface area contributed by atoms with E-state index in [0.29, 0.717) is 5.75 Å². The second kappa shape index (κ2) is 7.49. The van der Waals surface area contributed by atoms with Gasteiger partial charge in [-0.05, 0) is 68.6 Å². The van der Waals surface area contributed by atoms with Crippen LogP contribution in [0.2, 0.25) is 0 Å². The highest BCUT2D eigenvalue weighted by Gasteiger charge is 2.73. The molecule has 5 atom stereocenters. The number of phenolic OH excluding ortho intramolecular Hbond substituents is 1. The summed E-state index contributed by atoms with van der Waals surface area (Å²) in [5, 5.41) is 23.4. The quantitative estimate of drug-likeness (QED) is 0.600. The molecule has 0 aromatic heterocycles. The summed E-state index contributed by atoms with van der Waals surface area (Å²) in [4.78, 5) is 4.81. The molecule has 2 bridgehead atoms. The highest BCUT2D eigenvalue weighted by atomic mass is 16.5. The molecule has 0 amide bonds. The van der Waals surface area contributed by atoms with Crippen LogP contribution in [0.1, 0.15) is 36.0 Å². The fraction of sp³-hybridized carbons (Fsp3) is 0.400.